The first-order valence-electron chi connectivity index (χ1n) is 6.04. The van der Waals surface area contributed by atoms with Crippen molar-refractivity contribution in [2.24, 2.45) is 5.92 Å². The molecule has 3 heterocycles. The molecule has 2 bridgehead atoms. The second-order valence-corrected chi connectivity index (χ2v) is 4.75. The van der Waals surface area contributed by atoms with Gasteiger partial charge in [-0.1, -0.05) is 30.3 Å². The van der Waals surface area contributed by atoms with Crippen molar-refractivity contribution in [3.8, 4) is 0 Å². The summed E-state index contributed by atoms with van der Waals surface area (Å²) in [6.45, 7) is 2.22. The number of hydrogen-bond acceptors (Lipinski definition) is 2. The minimum atomic E-state index is -0.247. The van der Waals surface area contributed by atoms with Crippen molar-refractivity contribution in [1.29, 1.82) is 0 Å². The Labute approximate surface area is 96.2 Å². The van der Waals surface area contributed by atoms with Gasteiger partial charge in [0.05, 0.1) is 6.10 Å². The van der Waals surface area contributed by atoms with Crippen molar-refractivity contribution in [2.45, 2.75) is 18.9 Å². The van der Waals surface area contributed by atoms with E-state index in [9.17, 15) is 5.11 Å². The smallest absolute Gasteiger partial charge is 0.0965 e. The van der Waals surface area contributed by atoms with Crippen LogP contribution in [0.2, 0.25) is 0 Å². The van der Waals surface area contributed by atoms with Crippen molar-refractivity contribution in [1.82, 2.24) is 4.90 Å². The van der Waals surface area contributed by atoms with E-state index in [4.69, 9.17) is 0 Å². The normalized spacial score (nSPS) is 31.1. The van der Waals surface area contributed by atoms with Gasteiger partial charge in [-0.25, -0.2) is 0 Å². The highest BCUT2D eigenvalue weighted by molar-refractivity contribution is 5.54. The molecule has 0 saturated carbocycles. The first kappa shape index (κ1) is 9.91. The highest BCUT2D eigenvalue weighted by Crippen LogP contribution is 2.35. The number of aliphatic hydroxyl groups excluding tert-OH is 1. The molecule has 16 heavy (non-hydrogen) atoms. The maximum absolute atomic E-state index is 10.2. The second-order valence-electron chi connectivity index (χ2n) is 4.75. The highest BCUT2D eigenvalue weighted by atomic mass is 16.3. The molecule has 1 aromatic carbocycles. The first-order valence-corrected chi connectivity index (χ1v) is 6.04. The molecule has 3 fully saturated rings. The van der Waals surface area contributed by atoms with E-state index in [0.29, 0.717) is 5.92 Å². The molecule has 0 radical (unpaired) electrons. The van der Waals surface area contributed by atoms with Gasteiger partial charge in [-0.3, -0.25) is 0 Å². The third-order valence-corrected chi connectivity index (χ3v) is 3.77. The third kappa shape index (κ3) is 1.63. The van der Waals surface area contributed by atoms with Crippen molar-refractivity contribution in [3.05, 3.63) is 41.6 Å². The molecule has 2 heteroatoms. The summed E-state index contributed by atoms with van der Waals surface area (Å²) in [5, 5.41) is 10.2. The van der Waals surface area contributed by atoms with E-state index in [0.717, 1.165) is 31.6 Å². The molecule has 4 rings (SSSR count). The van der Waals surface area contributed by atoms with E-state index < -0.39 is 0 Å². The highest BCUT2D eigenvalue weighted by Gasteiger charge is 2.36. The Morgan fingerprint density at radius 2 is 1.81 bits per heavy atom. The predicted molar refractivity (Wildman–Crippen MR) is 64.7 cm³/mol. The standard InChI is InChI=1S/C14H17NO/c16-14-12-6-8-15(9-7-12)13(14)10-11-4-2-1-3-5-11/h1-5,10,12,14,16H,6-9H2/b13-10+. The molecule has 0 spiro atoms. The van der Waals surface area contributed by atoms with Crippen LogP contribution in [0.3, 0.4) is 0 Å². The third-order valence-electron chi connectivity index (χ3n) is 3.77. The molecule has 1 aromatic rings. The SMILES string of the molecule is OC1/C(=C\c2ccccc2)N2CCC1CC2. The van der Waals surface area contributed by atoms with Crippen LogP contribution in [0.1, 0.15) is 18.4 Å². The molecule has 3 saturated heterocycles. The Morgan fingerprint density at radius 1 is 1.12 bits per heavy atom. The van der Waals surface area contributed by atoms with Crippen molar-refractivity contribution < 1.29 is 5.11 Å². The monoisotopic (exact) mass is 215 g/mol. The van der Waals surface area contributed by atoms with Crippen molar-refractivity contribution in [2.75, 3.05) is 13.1 Å². The van der Waals surface area contributed by atoms with Gasteiger partial charge in [0, 0.05) is 18.8 Å². The fourth-order valence-electron chi connectivity index (χ4n) is 2.80. The molecule has 1 atom stereocenters. The summed E-state index contributed by atoms with van der Waals surface area (Å²) >= 11 is 0. The van der Waals surface area contributed by atoms with Gasteiger partial charge in [-0.05, 0) is 30.4 Å². The maximum atomic E-state index is 10.2. The number of aliphatic hydroxyl groups is 1. The lowest BCUT2D eigenvalue weighted by Crippen LogP contribution is -2.48. The lowest BCUT2D eigenvalue weighted by atomic mass is 9.83. The molecule has 0 aliphatic carbocycles. The zero-order valence-electron chi connectivity index (χ0n) is 9.34. The molecule has 3 aliphatic rings. The van der Waals surface area contributed by atoms with Crippen LogP contribution in [-0.4, -0.2) is 29.2 Å². The summed E-state index contributed by atoms with van der Waals surface area (Å²) in [6.07, 6.45) is 4.18. The molecular formula is C14H17NO. The average Bonchev–Trinajstić information content (AvgIpc) is 2.36. The Kier molecular flexibility index (Phi) is 2.44. The Balaban J connectivity index is 1.92. The lowest BCUT2D eigenvalue weighted by molar-refractivity contribution is 0.0215. The molecule has 0 aromatic heterocycles. The van der Waals surface area contributed by atoms with Gasteiger partial charge in [-0.15, -0.1) is 0 Å². The van der Waals surface area contributed by atoms with E-state index in [1.165, 1.54) is 5.56 Å². The molecule has 1 N–H and O–H groups in total. The summed E-state index contributed by atoms with van der Waals surface area (Å²) in [5.74, 6) is 0.486. The quantitative estimate of drug-likeness (QED) is 0.775. The van der Waals surface area contributed by atoms with E-state index in [-0.39, 0.29) is 6.10 Å². The topological polar surface area (TPSA) is 23.5 Å². The van der Waals surface area contributed by atoms with E-state index in [2.05, 4.69) is 23.1 Å². The van der Waals surface area contributed by atoms with Crippen LogP contribution in [0.15, 0.2) is 36.0 Å². The van der Waals surface area contributed by atoms with Crippen LogP contribution >= 0.6 is 0 Å². The molecule has 84 valence electrons. The fraction of sp³-hybridized carbons (Fsp3) is 0.429. The summed E-state index contributed by atoms with van der Waals surface area (Å²) < 4.78 is 0. The largest absolute Gasteiger partial charge is 0.387 e. The zero-order valence-corrected chi connectivity index (χ0v) is 9.34. The van der Waals surface area contributed by atoms with Gasteiger partial charge >= 0.3 is 0 Å². The van der Waals surface area contributed by atoms with Crippen LogP contribution in [-0.2, 0) is 0 Å². The number of fused-ring (bicyclic) bond motifs is 3. The number of nitrogens with zero attached hydrogens (tertiary/aromatic N) is 1. The van der Waals surface area contributed by atoms with Crippen LogP contribution in [0, 0.1) is 5.92 Å². The number of benzene rings is 1. The van der Waals surface area contributed by atoms with Gasteiger partial charge < -0.3 is 10.0 Å². The fourth-order valence-corrected chi connectivity index (χ4v) is 2.80. The van der Waals surface area contributed by atoms with Gasteiger partial charge in [0.2, 0.25) is 0 Å². The average molecular weight is 215 g/mol. The van der Waals surface area contributed by atoms with Crippen LogP contribution < -0.4 is 0 Å². The Hall–Kier alpha value is -1.28. The second kappa shape index (κ2) is 3.95. The van der Waals surface area contributed by atoms with Gasteiger partial charge in [-0.2, -0.15) is 0 Å². The van der Waals surface area contributed by atoms with E-state index in [1.54, 1.807) is 0 Å². The predicted octanol–water partition coefficient (Wildman–Crippen LogP) is 2.11. The van der Waals surface area contributed by atoms with Gasteiger partial charge in [0.15, 0.2) is 0 Å². The number of piperidine rings is 3. The van der Waals surface area contributed by atoms with E-state index >= 15 is 0 Å². The Morgan fingerprint density at radius 3 is 2.44 bits per heavy atom. The Bertz CT molecular complexity index is 386. The lowest BCUT2D eigenvalue weighted by Gasteiger charge is -2.45. The summed E-state index contributed by atoms with van der Waals surface area (Å²) in [7, 11) is 0. The van der Waals surface area contributed by atoms with Gasteiger partial charge in [0.25, 0.3) is 0 Å². The molecule has 2 nitrogen and oxygen atoms in total. The molecular weight excluding hydrogens is 198 g/mol. The summed E-state index contributed by atoms with van der Waals surface area (Å²) in [6, 6.07) is 10.3. The molecule has 1 unspecified atom stereocenters. The maximum Gasteiger partial charge on any atom is 0.0965 e. The minimum Gasteiger partial charge on any atom is -0.387 e. The molecule has 0 amide bonds. The summed E-state index contributed by atoms with van der Waals surface area (Å²) in [5.41, 5.74) is 2.30. The number of rotatable bonds is 1. The van der Waals surface area contributed by atoms with Crippen molar-refractivity contribution >= 4 is 6.08 Å². The summed E-state index contributed by atoms with van der Waals surface area (Å²) in [4.78, 5) is 2.33. The van der Waals surface area contributed by atoms with E-state index in [1.807, 2.05) is 18.2 Å². The van der Waals surface area contributed by atoms with Crippen LogP contribution in [0.25, 0.3) is 6.08 Å². The number of hydrogen-bond donors (Lipinski definition) is 1. The molecule has 3 aliphatic heterocycles. The zero-order chi connectivity index (χ0) is 11.0. The first-order chi connectivity index (χ1) is 7.84. The minimum absolute atomic E-state index is 0.247. The van der Waals surface area contributed by atoms with Crippen LogP contribution in [0.5, 0.6) is 0 Å². The van der Waals surface area contributed by atoms with Gasteiger partial charge in [0.1, 0.15) is 0 Å². The van der Waals surface area contributed by atoms with Crippen LogP contribution in [0.4, 0.5) is 0 Å². The van der Waals surface area contributed by atoms with Crippen molar-refractivity contribution in [3.63, 3.8) is 0 Å².